The van der Waals surface area contributed by atoms with Gasteiger partial charge in [0.05, 0.1) is 0 Å². The Morgan fingerprint density at radius 1 is 1.33 bits per heavy atom. The first kappa shape index (κ1) is 11.9. The molecule has 0 saturated carbocycles. The van der Waals surface area contributed by atoms with Crippen molar-refractivity contribution in [3.63, 3.8) is 0 Å². The fourth-order valence-corrected chi connectivity index (χ4v) is 0.236. The maximum absolute atomic E-state index is 10.2. The quantitative estimate of drug-likeness (QED) is 0.224. The number of ketones is 1. The monoisotopic (exact) mass is 143 g/mol. The number of rotatable bonds is 2. The Morgan fingerprint density at radius 3 is 1.67 bits per heavy atom. The summed E-state index contributed by atoms with van der Waals surface area (Å²) in [6.07, 6.45) is 0. The minimum absolute atomic E-state index is 0. The molecule has 46 valence electrons. The Kier molecular flexibility index (Phi) is 6.56. The van der Waals surface area contributed by atoms with Crippen molar-refractivity contribution < 1.29 is 44.3 Å². The van der Waals surface area contributed by atoms with Gasteiger partial charge in [0.2, 0.25) is 0 Å². The molecule has 4 heteroatoms. The van der Waals surface area contributed by atoms with Gasteiger partial charge in [0.1, 0.15) is 5.97 Å². The summed E-state index contributed by atoms with van der Waals surface area (Å²) in [7, 11) is 0. The zero-order valence-electron chi connectivity index (χ0n) is 5.80. The normalized spacial score (nSPS) is 8.33. The maximum atomic E-state index is 10.2. The number of hydrogen-bond acceptors (Lipinski definition) is 3. The molecule has 0 amide bonds. The molecule has 0 radical (unpaired) electrons. The standard InChI is InChI=1S/C5H8O3.Na/c1-3(2)4(6)5(7)8;/h3H,1-2H3,(H,7,8);/q;+1/p-1/i1+1,2+1,3+1,4+1,5+1;. The molecule has 0 bridgehead atoms. The number of carboxylic acid groups (broad SMARTS) is 1. The Labute approximate surface area is 75.7 Å². The Hall–Kier alpha value is 0.140. The molecular formula is C5H7NaO3. The molecule has 0 N–H and O–H groups in total. The van der Waals surface area contributed by atoms with Crippen molar-refractivity contribution in [2.24, 2.45) is 5.92 Å². The second-order valence-electron chi connectivity index (χ2n) is 1.81. The van der Waals surface area contributed by atoms with Gasteiger partial charge in [-0.2, -0.15) is 0 Å². The van der Waals surface area contributed by atoms with Crippen LogP contribution in [0.3, 0.4) is 0 Å². The second-order valence-corrected chi connectivity index (χ2v) is 1.81. The third kappa shape index (κ3) is 4.63. The SMILES string of the molecule is [13CH3][13CH]([13CH3])[13C](=O)[13C](=O)[O-].[Na+]. The van der Waals surface area contributed by atoms with Crippen LogP contribution in [0.5, 0.6) is 0 Å². The number of aliphatic carboxylic acids is 1. The molecule has 0 heterocycles. The van der Waals surface area contributed by atoms with E-state index >= 15 is 0 Å². The zero-order valence-corrected chi connectivity index (χ0v) is 7.80. The van der Waals surface area contributed by atoms with E-state index in [1.165, 1.54) is 13.8 Å². The van der Waals surface area contributed by atoms with Gasteiger partial charge in [-0.1, -0.05) is 13.8 Å². The number of carboxylic acids is 1. The van der Waals surface area contributed by atoms with E-state index in [-0.39, 0.29) is 29.6 Å². The summed E-state index contributed by atoms with van der Waals surface area (Å²) in [5.74, 6) is -2.90. The Bertz CT molecular complexity index is 119. The van der Waals surface area contributed by atoms with Gasteiger partial charge in [-0.05, 0) is 0 Å². The number of hydrogen-bond donors (Lipinski definition) is 0. The second kappa shape index (κ2) is 4.97. The van der Waals surface area contributed by atoms with Crippen LogP contribution in [0.1, 0.15) is 13.8 Å². The van der Waals surface area contributed by atoms with Crippen molar-refractivity contribution >= 4 is 11.8 Å². The molecule has 0 aromatic heterocycles. The van der Waals surface area contributed by atoms with E-state index in [1.807, 2.05) is 0 Å². The molecule has 0 saturated heterocycles. The van der Waals surface area contributed by atoms with Gasteiger partial charge in [-0.25, -0.2) is 0 Å². The van der Waals surface area contributed by atoms with Crippen molar-refractivity contribution in [1.82, 2.24) is 0 Å². The van der Waals surface area contributed by atoms with Crippen molar-refractivity contribution in [1.29, 1.82) is 0 Å². The van der Waals surface area contributed by atoms with E-state index in [0.717, 1.165) is 0 Å². The predicted octanol–water partition coefficient (Wildman–Crippen LogP) is -4.03. The molecule has 0 aromatic rings. The summed E-state index contributed by atoms with van der Waals surface area (Å²) in [6.45, 7) is 3.02. The van der Waals surface area contributed by atoms with E-state index < -0.39 is 17.7 Å². The van der Waals surface area contributed by atoms with Crippen LogP contribution in [0.25, 0.3) is 0 Å². The molecule has 3 nitrogen and oxygen atoms in total. The smallest absolute Gasteiger partial charge is 0.542 e. The predicted molar refractivity (Wildman–Crippen MR) is 24.9 cm³/mol. The average Bonchev–Trinajstić information content (AvgIpc) is 1.64. The molecule has 0 unspecified atom stereocenters. The van der Waals surface area contributed by atoms with Gasteiger partial charge in [0, 0.05) is 5.92 Å². The van der Waals surface area contributed by atoms with Crippen LogP contribution in [0.4, 0.5) is 0 Å². The topological polar surface area (TPSA) is 57.2 Å². The first-order valence-electron chi connectivity index (χ1n) is 2.31. The first-order valence-corrected chi connectivity index (χ1v) is 2.31. The van der Waals surface area contributed by atoms with Crippen LogP contribution >= 0.6 is 0 Å². The van der Waals surface area contributed by atoms with E-state index in [4.69, 9.17) is 0 Å². The summed E-state index contributed by atoms with van der Waals surface area (Å²) >= 11 is 0. The van der Waals surface area contributed by atoms with E-state index in [1.54, 1.807) is 0 Å². The molecule has 0 spiro atoms. The van der Waals surface area contributed by atoms with Gasteiger partial charge < -0.3 is 9.90 Å². The van der Waals surface area contributed by atoms with Crippen molar-refractivity contribution in [2.75, 3.05) is 0 Å². The van der Waals surface area contributed by atoms with Gasteiger partial charge in [-0.15, -0.1) is 0 Å². The van der Waals surface area contributed by atoms with Crippen LogP contribution < -0.4 is 34.7 Å². The van der Waals surface area contributed by atoms with Crippen LogP contribution in [0, 0.1) is 5.92 Å². The minimum Gasteiger partial charge on any atom is -0.542 e. The fourth-order valence-electron chi connectivity index (χ4n) is 0.236. The zero-order chi connectivity index (χ0) is 6.73. The first-order chi connectivity index (χ1) is 3.55. The summed E-state index contributed by atoms with van der Waals surface area (Å²) in [6, 6.07) is 0. The van der Waals surface area contributed by atoms with Crippen LogP contribution in [-0.4, -0.2) is 11.8 Å². The summed E-state index contributed by atoms with van der Waals surface area (Å²) < 4.78 is 0. The van der Waals surface area contributed by atoms with Crippen molar-refractivity contribution in [2.45, 2.75) is 13.8 Å². The summed E-state index contributed by atoms with van der Waals surface area (Å²) in [5.41, 5.74) is 0. The molecule has 0 atom stereocenters. The molecule has 9 heavy (non-hydrogen) atoms. The molecule has 0 rings (SSSR count). The van der Waals surface area contributed by atoms with Gasteiger partial charge in [-0.3, -0.25) is 4.79 Å². The van der Waals surface area contributed by atoms with E-state index in [2.05, 4.69) is 0 Å². The van der Waals surface area contributed by atoms with E-state index in [0.29, 0.717) is 0 Å². The van der Waals surface area contributed by atoms with Crippen LogP contribution in [-0.2, 0) is 9.59 Å². The molecule has 0 fully saturated rings. The van der Waals surface area contributed by atoms with Gasteiger partial charge in [0.15, 0.2) is 5.78 Å². The van der Waals surface area contributed by atoms with Crippen molar-refractivity contribution in [3.8, 4) is 0 Å². The summed E-state index contributed by atoms with van der Waals surface area (Å²) in [4.78, 5) is 19.9. The molecule has 0 aliphatic rings. The van der Waals surface area contributed by atoms with Crippen LogP contribution in [0.15, 0.2) is 0 Å². The van der Waals surface area contributed by atoms with Crippen molar-refractivity contribution in [3.05, 3.63) is 0 Å². The number of carbonyl (C=O) groups excluding carboxylic acids is 2. The molecular weight excluding hydrogens is 136 g/mol. The third-order valence-electron chi connectivity index (χ3n) is 0.726. The largest absolute Gasteiger partial charge is 1.00 e. The summed E-state index contributed by atoms with van der Waals surface area (Å²) in [5, 5.41) is 9.68. The van der Waals surface area contributed by atoms with Gasteiger partial charge >= 0.3 is 29.6 Å². The van der Waals surface area contributed by atoms with E-state index in [9.17, 15) is 14.7 Å². The Balaban J connectivity index is 0. The third-order valence-corrected chi connectivity index (χ3v) is 0.726. The molecule has 0 aliphatic heterocycles. The number of Topliss-reactive ketones (excluding diaryl/α,β-unsaturated/α-hetero) is 1. The minimum atomic E-state index is -1.60. The average molecular weight is 143 g/mol. The van der Waals surface area contributed by atoms with Gasteiger partial charge in [0.25, 0.3) is 0 Å². The fraction of sp³-hybridized carbons (Fsp3) is 0.600. The molecule has 0 aliphatic carbocycles. The maximum Gasteiger partial charge on any atom is 1.00 e. The van der Waals surface area contributed by atoms with Crippen LogP contribution in [0.2, 0.25) is 0 Å². The molecule has 0 aromatic carbocycles. The Morgan fingerprint density at radius 2 is 1.67 bits per heavy atom. The number of carbonyl (C=O) groups is 2.